The second kappa shape index (κ2) is 15.1. The maximum absolute atomic E-state index is 11.8. The molecule has 0 amide bonds. The maximum Gasteiger partial charge on any atom is 0.217 e. The zero-order valence-corrected chi connectivity index (χ0v) is 29.0. The quantitative estimate of drug-likeness (QED) is 0.118. The molecule has 4 saturated carbocycles. The Balaban J connectivity index is 1.32. The van der Waals surface area contributed by atoms with Crippen molar-refractivity contribution in [3.8, 4) is 0 Å². The van der Waals surface area contributed by atoms with Crippen LogP contribution in [0.1, 0.15) is 118 Å². The van der Waals surface area contributed by atoms with Crippen molar-refractivity contribution in [3.05, 3.63) is 0 Å². The molecule has 0 aliphatic heterocycles. The van der Waals surface area contributed by atoms with E-state index in [1.165, 1.54) is 83.8 Å². The Bertz CT molecular complexity index is 981. The summed E-state index contributed by atoms with van der Waals surface area (Å²) in [5, 5.41) is 16.9. The standard InChI is InChI=1S/C34H65N3O5S/c1-23(2)31(42-43(39,40)41)12-9-24(3)27-10-11-28-32-29(14-16-34(27,28)5)33(4)15-13-26(21-25(33)22-30(32)38)37-20-8-19-36-18-7-6-17-35/h23-32,36-38H,6-22,35H2,1-5H3,(H,39,40,41)/p+2/t24?,25-,26+,27?,28+,29?,30-,31?,32?,33+,34-/m1/s1. The third-order valence-corrected chi connectivity index (χ3v) is 13.9. The van der Waals surface area contributed by atoms with E-state index in [4.69, 9.17) is 4.18 Å². The van der Waals surface area contributed by atoms with E-state index in [-0.39, 0.29) is 17.4 Å². The first kappa shape index (κ1) is 35.6. The third-order valence-electron chi connectivity index (χ3n) is 13.4. The molecule has 0 radical (unpaired) electrons. The van der Waals surface area contributed by atoms with Gasteiger partial charge in [-0.05, 0) is 110 Å². The smallest absolute Gasteiger partial charge is 0.217 e. The predicted molar refractivity (Wildman–Crippen MR) is 168 cm³/mol. The largest absolute Gasteiger partial charge is 0.726 e. The van der Waals surface area contributed by atoms with Crippen LogP contribution in [0.4, 0.5) is 0 Å². The zero-order chi connectivity index (χ0) is 31.4. The number of aliphatic hydroxyl groups is 1. The van der Waals surface area contributed by atoms with Crippen molar-refractivity contribution in [2.24, 2.45) is 52.3 Å². The van der Waals surface area contributed by atoms with Crippen molar-refractivity contribution in [2.75, 3.05) is 26.2 Å². The van der Waals surface area contributed by atoms with Gasteiger partial charge in [-0.3, -0.25) is 4.18 Å². The first-order valence-corrected chi connectivity index (χ1v) is 19.4. The van der Waals surface area contributed by atoms with Crippen molar-refractivity contribution < 1.29 is 38.6 Å². The fraction of sp³-hybridized carbons (Fsp3) is 1.00. The van der Waals surface area contributed by atoms with Crippen LogP contribution in [0.5, 0.6) is 0 Å². The monoisotopic (exact) mass is 629 g/mol. The van der Waals surface area contributed by atoms with Gasteiger partial charge in [0.15, 0.2) is 0 Å². The second-order valence-electron chi connectivity index (χ2n) is 16.2. The molecule has 8 N–H and O–H groups in total. The van der Waals surface area contributed by atoms with Crippen LogP contribution in [0.3, 0.4) is 0 Å². The van der Waals surface area contributed by atoms with E-state index in [2.05, 4.69) is 37.1 Å². The van der Waals surface area contributed by atoms with E-state index in [9.17, 15) is 18.1 Å². The molecule has 8 nitrogen and oxygen atoms in total. The molecular formula is C34H67N3O5S+2. The number of rotatable bonds is 16. The Morgan fingerprint density at radius 1 is 0.930 bits per heavy atom. The van der Waals surface area contributed by atoms with Crippen LogP contribution in [-0.4, -0.2) is 62.5 Å². The van der Waals surface area contributed by atoms with Gasteiger partial charge in [0.05, 0.1) is 44.4 Å². The Kier molecular flexibility index (Phi) is 12.5. The van der Waals surface area contributed by atoms with Gasteiger partial charge in [-0.2, -0.15) is 0 Å². The molecular weight excluding hydrogens is 562 g/mol. The van der Waals surface area contributed by atoms with Crippen LogP contribution in [-0.2, 0) is 14.6 Å². The van der Waals surface area contributed by atoms with Crippen molar-refractivity contribution >= 4 is 10.4 Å². The second-order valence-corrected chi connectivity index (χ2v) is 17.2. The Hall–Kier alpha value is -0.290. The van der Waals surface area contributed by atoms with Gasteiger partial charge in [0.25, 0.3) is 0 Å². The lowest BCUT2D eigenvalue weighted by molar-refractivity contribution is -0.705. The molecule has 4 aliphatic rings. The van der Waals surface area contributed by atoms with Crippen LogP contribution in [0.15, 0.2) is 0 Å². The minimum absolute atomic E-state index is 0.0195. The Labute approximate surface area is 263 Å². The average Bonchev–Trinajstić information content (AvgIpc) is 3.29. The van der Waals surface area contributed by atoms with E-state index >= 15 is 0 Å². The van der Waals surface area contributed by atoms with Gasteiger partial charge in [0.1, 0.15) is 0 Å². The maximum atomic E-state index is 11.8. The molecule has 5 unspecified atom stereocenters. The van der Waals surface area contributed by atoms with Gasteiger partial charge in [0, 0.05) is 25.7 Å². The summed E-state index contributed by atoms with van der Waals surface area (Å²) in [5.74, 6) is 3.23. The number of quaternary nitrogens is 3. The van der Waals surface area contributed by atoms with Crippen LogP contribution >= 0.6 is 0 Å². The summed E-state index contributed by atoms with van der Waals surface area (Å²) in [5.41, 5.74) is 4.51. The first-order chi connectivity index (χ1) is 20.3. The zero-order valence-electron chi connectivity index (χ0n) is 28.1. The summed E-state index contributed by atoms with van der Waals surface area (Å²) in [6, 6.07) is 0.716. The molecule has 0 aromatic heterocycles. The molecule has 9 heteroatoms. The normalized spacial score (nSPS) is 39.2. The van der Waals surface area contributed by atoms with Gasteiger partial charge >= 0.3 is 0 Å². The first-order valence-electron chi connectivity index (χ1n) is 18.1. The van der Waals surface area contributed by atoms with Crippen molar-refractivity contribution in [1.29, 1.82) is 0 Å². The number of nitrogens with two attached hydrogens (primary N) is 2. The fourth-order valence-electron chi connectivity index (χ4n) is 10.9. The highest BCUT2D eigenvalue weighted by molar-refractivity contribution is 7.80. The summed E-state index contributed by atoms with van der Waals surface area (Å²) in [6.45, 7) is 16.0. The topological polar surface area (TPSA) is 148 Å². The van der Waals surface area contributed by atoms with Crippen molar-refractivity contribution in [2.45, 2.75) is 136 Å². The molecule has 0 bridgehead atoms. The number of fused-ring (bicyclic) bond motifs is 5. The molecule has 4 aliphatic carbocycles. The van der Waals surface area contributed by atoms with Crippen molar-refractivity contribution in [1.82, 2.24) is 0 Å². The SMILES string of the molecule is CC(C)C(CCC(C)C1CC[C@H]2C3C(CC[C@]12C)[C@@]1(C)CC[C@H]([NH2+]CCC[NH2+]CCCC[NH3+])C[C@@H]1C[C@H]3O)OS(=O)(=O)[O-]. The summed E-state index contributed by atoms with van der Waals surface area (Å²) >= 11 is 0. The average molecular weight is 630 g/mol. The van der Waals surface area contributed by atoms with E-state index in [0.717, 1.165) is 19.4 Å². The van der Waals surface area contributed by atoms with Crippen LogP contribution in [0.25, 0.3) is 0 Å². The molecule has 0 aromatic rings. The molecule has 0 aromatic carbocycles. The summed E-state index contributed by atoms with van der Waals surface area (Å²) in [7, 11) is -4.70. The number of hydrogen-bond donors (Lipinski definition) is 4. The highest BCUT2D eigenvalue weighted by Gasteiger charge is 2.63. The van der Waals surface area contributed by atoms with Gasteiger partial charge in [0.2, 0.25) is 10.4 Å². The summed E-state index contributed by atoms with van der Waals surface area (Å²) in [4.78, 5) is 0. The predicted octanol–water partition coefficient (Wildman–Crippen LogP) is 2.44. The molecule has 252 valence electrons. The third kappa shape index (κ3) is 8.36. The number of aliphatic hydroxyl groups excluding tert-OH is 1. The Morgan fingerprint density at radius 2 is 1.63 bits per heavy atom. The van der Waals surface area contributed by atoms with E-state index in [0.29, 0.717) is 53.4 Å². The lowest BCUT2D eigenvalue weighted by Gasteiger charge is -2.62. The van der Waals surface area contributed by atoms with Crippen LogP contribution in [0, 0.1) is 52.3 Å². The van der Waals surface area contributed by atoms with Crippen LogP contribution < -0.4 is 16.4 Å². The molecule has 4 rings (SSSR count). The fourth-order valence-corrected chi connectivity index (χ4v) is 11.6. The lowest BCUT2D eigenvalue weighted by atomic mass is 9.43. The van der Waals surface area contributed by atoms with E-state index in [1.807, 2.05) is 13.8 Å². The summed E-state index contributed by atoms with van der Waals surface area (Å²) < 4.78 is 38.8. The highest BCUT2D eigenvalue weighted by Crippen LogP contribution is 2.68. The van der Waals surface area contributed by atoms with Gasteiger partial charge in [-0.25, -0.2) is 8.42 Å². The van der Waals surface area contributed by atoms with E-state index in [1.54, 1.807) is 0 Å². The van der Waals surface area contributed by atoms with Crippen LogP contribution in [0.2, 0.25) is 0 Å². The van der Waals surface area contributed by atoms with E-state index < -0.39 is 16.5 Å². The summed E-state index contributed by atoms with van der Waals surface area (Å²) in [6.07, 6.45) is 14.3. The molecule has 0 heterocycles. The van der Waals surface area contributed by atoms with Gasteiger partial charge in [-0.15, -0.1) is 0 Å². The number of unbranched alkanes of at least 4 members (excludes halogenated alkanes) is 1. The molecule has 4 fully saturated rings. The minimum Gasteiger partial charge on any atom is -0.726 e. The van der Waals surface area contributed by atoms with Crippen molar-refractivity contribution in [3.63, 3.8) is 0 Å². The highest BCUT2D eigenvalue weighted by atomic mass is 32.3. The number of hydrogen-bond acceptors (Lipinski definition) is 5. The molecule has 43 heavy (non-hydrogen) atoms. The Morgan fingerprint density at radius 3 is 2.33 bits per heavy atom. The van der Waals surface area contributed by atoms with Gasteiger partial charge in [-0.1, -0.05) is 34.6 Å². The van der Waals surface area contributed by atoms with Gasteiger partial charge < -0.3 is 26.0 Å². The lowest BCUT2D eigenvalue weighted by Crippen LogP contribution is -2.92. The molecule has 0 saturated heterocycles. The molecule has 0 spiro atoms. The molecule has 11 atom stereocenters. The minimum atomic E-state index is -4.70.